The molecule has 0 spiro atoms. The lowest BCUT2D eigenvalue weighted by atomic mass is 10.4. The molecule has 3 nitrogen and oxygen atoms in total. The summed E-state index contributed by atoms with van der Waals surface area (Å²) >= 11 is 0. The summed E-state index contributed by atoms with van der Waals surface area (Å²) in [6.45, 7) is 2.12. The van der Waals surface area contributed by atoms with Gasteiger partial charge in [0.15, 0.2) is 0 Å². The van der Waals surface area contributed by atoms with E-state index in [-0.39, 0.29) is 4.90 Å². The Hall–Kier alpha value is -1.22. The zero-order chi connectivity index (χ0) is 14.6. The standard InChI is InChI=1S/C15H17O3PS/c1-2-11-19(13-7-4-3-5-8-13)14-9-6-10-15(12-14)20(16,17)18/h3-10,12H,2,11H2,1H3,(H,16,17,18). The summed E-state index contributed by atoms with van der Waals surface area (Å²) in [6.07, 6.45) is 2.02. The van der Waals surface area contributed by atoms with Crippen molar-refractivity contribution in [2.45, 2.75) is 18.2 Å². The highest BCUT2D eigenvalue weighted by Crippen LogP contribution is 2.34. The predicted octanol–water partition coefficient (Wildman–Crippen LogP) is 2.78. The van der Waals surface area contributed by atoms with Gasteiger partial charge in [0.05, 0.1) is 4.90 Å². The Morgan fingerprint density at radius 1 is 1.00 bits per heavy atom. The largest absolute Gasteiger partial charge is 0.294 e. The molecule has 0 aromatic heterocycles. The molecule has 1 unspecified atom stereocenters. The summed E-state index contributed by atoms with van der Waals surface area (Å²) < 4.78 is 31.7. The van der Waals surface area contributed by atoms with Crippen LogP contribution in [0.4, 0.5) is 0 Å². The molecule has 2 aromatic carbocycles. The van der Waals surface area contributed by atoms with Crippen LogP contribution in [0.2, 0.25) is 0 Å². The van der Waals surface area contributed by atoms with E-state index in [1.807, 2.05) is 24.3 Å². The maximum Gasteiger partial charge on any atom is 0.294 e. The van der Waals surface area contributed by atoms with Gasteiger partial charge in [-0.25, -0.2) is 0 Å². The number of hydrogen-bond acceptors (Lipinski definition) is 2. The van der Waals surface area contributed by atoms with Gasteiger partial charge in [0.1, 0.15) is 0 Å². The number of benzene rings is 2. The van der Waals surface area contributed by atoms with E-state index in [0.717, 1.165) is 17.9 Å². The zero-order valence-corrected chi connectivity index (χ0v) is 12.9. The molecular weight excluding hydrogens is 291 g/mol. The average molecular weight is 308 g/mol. The normalized spacial score (nSPS) is 13.1. The average Bonchev–Trinajstić information content (AvgIpc) is 2.45. The molecule has 2 rings (SSSR count). The van der Waals surface area contributed by atoms with Crippen LogP contribution in [0.3, 0.4) is 0 Å². The predicted molar refractivity (Wildman–Crippen MR) is 84.0 cm³/mol. The monoisotopic (exact) mass is 308 g/mol. The molecule has 0 aliphatic rings. The molecule has 0 saturated heterocycles. The van der Waals surface area contributed by atoms with Crippen molar-refractivity contribution in [3.63, 3.8) is 0 Å². The Balaban J connectivity index is 2.45. The van der Waals surface area contributed by atoms with Crippen LogP contribution in [0, 0.1) is 0 Å². The Labute approximate surface area is 121 Å². The van der Waals surface area contributed by atoms with E-state index in [9.17, 15) is 13.0 Å². The van der Waals surface area contributed by atoms with E-state index < -0.39 is 18.0 Å². The molecule has 0 saturated carbocycles. The number of hydrogen-bond donors (Lipinski definition) is 1. The summed E-state index contributed by atoms with van der Waals surface area (Å²) in [5.74, 6) is 0. The maximum absolute atomic E-state index is 11.3. The smallest absolute Gasteiger partial charge is 0.282 e. The molecule has 0 aliphatic heterocycles. The molecule has 0 heterocycles. The molecule has 0 bridgehead atoms. The Morgan fingerprint density at radius 3 is 2.25 bits per heavy atom. The van der Waals surface area contributed by atoms with E-state index in [0.29, 0.717) is 0 Å². The second kappa shape index (κ2) is 6.49. The lowest BCUT2D eigenvalue weighted by Gasteiger charge is -2.18. The third kappa shape index (κ3) is 3.66. The summed E-state index contributed by atoms with van der Waals surface area (Å²) in [6, 6.07) is 16.7. The Bertz CT molecular complexity index is 669. The van der Waals surface area contributed by atoms with Gasteiger partial charge in [0.2, 0.25) is 0 Å². The summed E-state index contributed by atoms with van der Waals surface area (Å²) in [4.78, 5) is -0.0328. The Morgan fingerprint density at radius 2 is 1.65 bits per heavy atom. The first-order valence-corrected chi connectivity index (χ1v) is 9.39. The van der Waals surface area contributed by atoms with Crippen molar-refractivity contribution in [1.82, 2.24) is 0 Å². The van der Waals surface area contributed by atoms with Crippen molar-refractivity contribution < 1.29 is 13.0 Å². The van der Waals surface area contributed by atoms with Crippen molar-refractivity contribution >= 4 is 28.6 Å². The van der Waals surface area contributed by atoms with Crippen molar-refractivity contribution in [3.05, 3.63) is 54.6 Å². The molecule has 0 aliphatic carbocycles. The molecule has 20 heavy (non-hydrogen) atoms. The molecule has 0 fully saturated rings. The van der Waals surface area contributed by atoms with Crippen LogP contribution >= 0.6 is 7.92 Å². The van der Waals surface area contributed by atoms with Gasteiger partial charge in [-0.1, -0.05) is 55.8 Å². The van der Waals surface area contributed by atoms with Crippen molar-refractivity contribution in [2.75, 3.05) is 6.16 Å². The van der Waals surface area contributed by atoms with E-state index in [1.54, 1.807) is 12.1 Å². The first kappa shape index (κ1) is 15.2. The second-order valence-corrected chi connectivity index (χ2v) is 8.22. The summed E-state index contributed by atoms with van der Waals surface area (Å²) in [5, 5.41) is 2.19. The fourth-order valence-corrected chi connectivity index (χ4v) is 5.02. The lowest BCUT2D eigenvalue weighted by Crippen LogP contribution is -2.15. The van der Waals surface area contributed by atoms with Crippen LogP contribution in [0.15, 0.2) is 59.5 Å². The fourth-order valence-electron chi connectivity index (χ4n) is 2.05. The van der Waals surface area contributed by atoms with Crippen LogP contribution in [-0.4, -0.2) is 19.1 Å². The van der Waals surface area contributed by atoms with E-state index in [4.69, 9.17) is 0 Å². The zero-order valence-electron chi connectivity index (χ0n) is 11.2. The highest BCUT2D eigenvalue weighted by molar-refractivity contribution is 7.86. The molecule has 2 aromatic rings. The van der Waals surface area contributed by atoms with Crippen LogP contribution in [0.5, 0.6) is 0 Å². The quantitative estimate of drug-likeness (QED) is 0.682. The van der Waals surface area contributed by atoms with Gasteiger partial charge in [0, 0.05) is 0 Å². The molecule has 0 radical (unpaired) electrons. The maximum atomic E-state index is 11.3. The van der Waals surface area contributed by atoms with Gasteiger partial charge in [-0.3, -0.25) is 4.55 Å². The molecule has 5 heteroatoms. The van der Waals surface area contributed by atoms with Gasteiger partial charge < -0.3 is 0 Å². The summed E-state index contributed by atoms with van der Waals surface area (Å²) in [5.41, 5.74) is 0. The van der Waals surface area contributed by atoms with Gasteiger partial charge >= 0.3 is 0 Å². The van der Waals surface area contributed by atoms with Crippen molar-refractivity contribution in [1.29, 1.82) is 0 Å². The first-order chi connectivity index (χ1) is 9.52. The van der Waals surface area contributed by atoms with E-state index in [1.165, 1.54) is 11.4 Å². The Kier molecular flexibility index (Phi) is 4.92. The lowest BCUT2D eigenvalue weighted by molar-refractivity contribution is 0.483. The molecule has 106 valence electrons. The fraction of sp³-hybridized carbons (Fsp3) is 0.200. The number of rotatable bonds is 5. The minimum atomic E-state index is -4.15. The SMILES string of the molecule is CCCP(c1ccccc1)c1cccc(S(=O)(=O)O)c1. The van der Waals surface area contributed by atoms with Crippen LogP contribution in [-0.2, 0) is 10.1 Å². The first-order valence-electron chi connectivity index (χ1n) is 6.42. The van der Waals surface area contributed by atoms with E-state index in [2.05, 4.69) is 19.1 Å². The highest BCUT2D eigenvalue weighted by Gasteiger charge is 2.16. The molecular formula is C15H17O3PS. The minimum absolute atomic E-state index is 0.0328. The van der Waals surface area contributed by atoms with Crippen LogP contribution in [0.1, 0.15) is 13.3 Å². The second-order valence-electron chi connectivity index (χ2n) is 4.46. The molecule has 0 amide bonds. The van der Waals surface area contributed by atoms with Crippen LogP contribution < -0.4 is 10.6 Å². The summed E-state index contributed by atoms with van der Waals surface area (Å²) in [7, 11) is -4.74. The van der Waals surface area contributed by atoms with Crippen LogP contribution in [0.25, 0.3) is 0 Å². The highest BCUT2D eigenvalue weighted by atomic mass is 32.2. The third-order valence-corrected chi connectivity index (χ3v) is 6.51. The topological polar surface area (TPSA) is 54.4 Å². The van der Waals surface area contributed by atoms with Gasteiger partial charge in [-0.15, -0.1) is 0 Å². The third-order valence-electron chi connectivity index (χ3n) is 2.94. The van der Waals surface area contributed by atoms with Crippen molar-refractivity contribution in [3.8, 4) is 0 Å². The van der Waals surface area contributed by atoms with Crippen molar-refractivity contribution in [2.24, 2.45) is 0 Å². The minimum Gasteiger partial charge on any atom is -0.282 e. The molecule has 1 N–H and O–H groups in total. The van der Waals surface area contributed by atoms with Gasteiger partial charge in [0.25, 0.3) is 10.1 Å². The van der Waals surface area contributed by atoms with Gasteiger partial charge in [-0.2, -0.15) is 8.42 Å². The molecule has 1 atom stereocenters. The van der Waals surface area contributed by atoms with Gasteiger partial charge in [-0.05, 0) is 36.8 Å². The van der Waals surface area contributed by atoms with E-state index >= 15 is 0 Å².